The summed E-state index contributed by atoms with van der Waals surface area (Å²) in [6.45, 7) is 3.45. The number of hydrogen-bond donors (Lipinski definition) is 1. The summed E-state index contributed by atoms with van der Waals surface area (Å²) in [6, 6.07) is 4.03. The van der Waals surface area contributed by atoms with Crippen molar-refractivity contribution in [3.8, 4) is 0 Å². The van der Waals surface area contributed by atoms with Gasteiger partial charge in [-0.15, -0.1) is 0 Å². The van der Waals surface area contributed by atoms with E-state index < -0.39 is 0 Å². The van der Waals surface area contributed by atoms with E-state index >= 15 is 0 Å². The van der Waals surface area contributed by atoms with E-state index in [9.17, 15) is 0 Å². The molecular weight excluding hydrogens is 160 g/mol. The Kier molecular flexibility index (Phi) is 2.48. The summed E-state index contributed by atoms with van der Waals surface area (Å²) in [7, 11) is 0. The Balaban J connectivity index is 1.80. The molecule has 13 heavy (non-hydrogen) atoms. The van der Waals surface area contributed by atoms with Gasteiger partial charge in [0.15, 0.2) is 0 Å². The monoisotopic (exact) mass is 176 g/mol. The average Bonchev–Trinajstić information content (AvgIpc) is 2.17. The van der Waals surface area contributed by atoms with Crippen LogP contribution in [-0.4, -0.2) is 11.5 Å². The van der Waals surface area contributed by atoms with Crippen molar-refractivity contribution < 1.29 is 0 Å². The third-order valence-electron chi connectivity index (χ3n) is 3.05. The summed E-state index contributed by atoms with van der Waals surface area (Å²) < 4.78 is 0. The molecule has 0 aromatic carbocycles. The van der Waals surface area contributed by atoms with Gasteiger partial charge in [-0.25, -0.2) is 0 Å². The van der Waals surface area contributed by atoms with Crippen LogP contribution in [-0.2, 0) is 0 Å². The first-order valence-corrected chi connectivity index (χ1v) is 5.00. The molecule has 0 bridgehead atoms. The fraction of sp³-hybridized carbons (Fsp3) is 0.545. The van der Waals surface area contributed by atoms with E-state index in [4.69, 9.17) is 0 Å². The quantitative estimate of drug-likeness (QED) is 0.765. The third kappa shape index (κ3) is 2.00. The molecule has 2 heteroatoms. The molecule has 1 aromatic rings. The summed E-state index contributed by atoms with van der Waals surface area (Å²) in [4.78, 5) is 3.98. The maximum absolute atomic E-state index is 3.98. The fourth-order valence-corrected chi connectivity index (χ4v) is 1.76. The smallest absolute Gasteiger partial charge is 0.0371 e. The molecule has 0 aliphatic heterocycles. The summed E-state index contributed by atoms with van der Waals surface area (Å²) >= 11 is 0. The van der Waals surface area contributed by atoms with Crippen LogP contribution >= 0.6 is 0 Å². The molecule has 1 saturated carbocycles. The largest absolute Gasteiger partial charge is 0.385 e. The number of hydrogen-bond acceptors (Lipinski definition) is 2. The van der Waals surface area contributed by atoms with Gasteiger partial charge in [0.05, 0.1) is 0 Å². The van der Waals surface area contributed by atoms with Gasteiger partial charge in [-0.1, -0.05) is 13.3 Å². The highest BCUT2D eigenvalue weighted by atomic mass is 14.9. The second-order valence-corrected chi connectivity index (χ2v) is 3.93. The standard InChI is InChI=1S/C11H16N2/c1-9-2-3-10(9)8-13-11-4-6-12-7-5-11/h4-7,9-10H,2-3,8H2,1H3,(H,12,13)/t9-,10-/m0/s1. The highest BCUT2D eigenvalue weighted by molar-refractivity contribution is 5.40. The van der Waals surface area contributed by atoms with Crippen molar-refractivity contribution in [1.82, 2.24) is 4.98 Å². The van der Waals surface area contributed by atoms with Crippen molar-refractivity contribution in [3.63, 3.8) is 0 Å². The average molecular weight is 176 g/mol. The van der Waals surface area contributed by atoms with Gasteiger partial charge >= 0.3 is 0 Å². The van der Waals surface area contributed by atoms with E-state index in [-0.39, 0.29) is 0 Å². The molecule has 2 atom stereocenters. The van der Waals surface area contributed by atoms with Crippen LogP contribution in [0.15, 0.2) is 24.5 Å². The Morgan fingerprint density at radius 3 is 2.69 bits per heavy atom. The van der Waals surface area contributed by atoms with Gasteiger partial charge in [0, 0.05) is 24.6 Å². The van der Waals surface area contributed by atoms with E-state index in [0.29, 0.717) is 0 Å². The minimum absolute atomic E-state index is 0.883. The molecule has 0 radical (unpaired) electrons. The third-order valence-corrected chi connectivity index (χ3v) is 3.05. The Morgan fingerprint density at radius 2 is 2.15 bits per heavy atom. The van der Waals surface area contributed by atoms with Crippen LogP contribution in [0.4, 0.5) is 5.69 Å². The Morgan fingerprint density at radius 1 is 1.38 bits per heavy atom. The molecule has 0 unspecified atom stereocenters. The van der Waals surface area contributed by atoms with Crippen LogP contribution in [0.2, 0.25) is 0 Å². The molecule has 2 rings (SSSR count). The van der Waals surface area contributed by atoms with E-state index in [1.807, 2.05) is 24.5 Å². The lowest BCUT2D eigenvalue weighted by atomic mass is 9.75. The minimum atomic E-state index is 0.883. The summed E-state index contributed by atoms with van der Waals surface area (Å²) in [5.41, 5.74) is 1.19. The predicted molar refractivity (Wildman–Crippen MR) is 54.6 cm³/mol. The fourth-order valence-electron chi connectivity index (χ4n) is 1.76. The zero-order chi connectivity index (χ0) is 9.10. The SMILES string of the molecule is C[C@H]1CC[C@H]1CNc1ccncc1. The van der Waals surface area contributed by atoms with Crippen LogP contribution in [0.1, 0.15) is 19.8 Å². The highest BCUT2D eigenvalue weighted by Gasteiger charge is 2.25. The molecule has 1 N–H and O–H groups in total. The molecule has 1 aliphatic rings. The van der Waals surface area contributed by atoms with Crippen LogP contribution in [0.5, 0.6) is 0 Å². The van der Waals surface area contributed by atoms with E-state index in [0.717, 1.165) is 18.4 Å². The molecule has 0 saturated heterocycles. The second-order valence-electron chi connectivity index (χ2n) is 3.93. The highest BCUT2D eigenvalue weighted by Crippen LogP contribution is 2.33. The lowest BCUT2D eigenvalue weighted by Gasteiger charge is -2.34. The Hall–Kier alpha value is -1.05. The topological polar surface area (TPSA) is 24.9 Å². The normalized spacial score (nSPS) is 26.5. The summed E-state index contributed by atoms with van der Waals surface area (Å²) in [5.74, 6) is 1.79. The van der Waals surface area contributed by atoms with Crippen LogP contribution in [0, 0.1) is 11.8 Å². The summed E-state index contributed by atoms with van der Waals surface area (Å²) in [5, 5.41) is 3.44. The molecule has 1 fully saturated rings. The Labute approximate surface area is 79.4 Å². The summed E-state index contributed by atoms with van der Waals surface area (Å²) in [6.07, 6.45) is 6.45. The van der Waals surface area contributed by atoms with E-state index in [2.05, 4.69) is 17.2 Å². The maximum atomic E-state index is 3.98. The molecule has 0 amide bonds. The van der Waals surface area contributed by atoms with Crippen LogP contribution in [0.3, 0.4) is 0 Å². The van der Waals surface area contributed by atoms with E-state index in [1.165, 1.54) is 18.5 Å². The van der Waals surface area contributed by atoms with Crippen molar-refractivity contribution in [2.45, 2.75) is 19.8 Å². The number of pyridine rings is 1. The van der Waals surface area contributed by atoms with Crippen molar-refractivity contribution in [2.75, 3.05) is 11.9 Å². The van der Waals surface area contributed by atoms with Gasteiger partial charge in [0.2, 0.25) is 0 Å². The number of nitrogens with one attached hydrogen (secondary N) is 1. The van der Waals surface area contributed by atoms with Gasteiger partial charge in [0.25, 0.3) is 0 Å². The number of aromatic nitrogens is 1. The molecular formula is C11H16N2. The van der Waals surface area contributed by atoms with E-state index in [1.54, 1.807) is 0 Å². The number of nitrogens with zero attached hydrogens (tertiary/aromatic N) is 1. The molecule has 2 nitrogen and oxygen atoms in total. The van der Waals surface area contributed by atoms with Gasteiger partial charge < -0.3 is 5.32 Å². The number of anilines is 1. The van der Waals surface area contributed by atoms with Crippen molar-refractivity contribution >= 4 is 5.69 Å². The van der Waals surface area contributed by atoms with Crippen molar-refractivity contribution in [1.29, 1.82) is 0 Å². The molecule has 0 spiro atoms. The molecule has 70 valence electrons. The van der Waals surface area contributed by atoms with Gasteiger partial charge in [-0.05, 0) is 30.4 Å². The maximum Gasteiger partial charge on any atom is 0.0371 e. The van der Waals surface area contributed by atoms with Crippen molar-refractivity contribution in [2.24, 2.45) is 11.8 Å². The first-order valence-electron chi connectivity index (χ1n) is 5.00. The number of rotatable bonds is 3. The first kappa shape index (κ1) is 8.54. The Bertz CT molecular complexity index is 258. The lowest BCUT2D eigenvalue weighted by Crippen LogP contribution is -2.29. The van der Waals surface area contributed by atoms with Crippen LogP contribution < -0.4 is 5.32 Å². The molecule has 1 aliphatic carbocycles. The predicted octanol–water partition coefficient (Wildman–Crippen LogP) is 2.54. The van der Waals surface area contributed by atoms with Gasteiger partial charge in [-0.2, -0.15) is 0 Å². The first-order chi connectivity index (χ1) is 6.36. The zero-order valence-electron chi connectivity index (χ0n) is 8.03. The minimum Gasteiger partial charge on any atom is -0.385 e. The lowest BCUT2D eigenvalue weighted by molar-refractivity contribution is 0.210. The van der Waals surface area contributed by atoms with Crippen LogP contribution in [0.25, 0.3) is 0 Å². The van der Waals surface area contributed by atoms with Gasteiger partial charge in [-0.3, -0.25) is 4.98 Å². The van der Waals surface area contributed by atoms with Crippen molar-refractivity contribution in [3.05, 3.63) is 24.5 Å². The van der Waals surface area contributed by atoms with Gasteiger partial charge in [0.1, 0.15) is 0 Å². The molecule has 1 heterocycles. The molecule has 1 aromatic heterocycles. The zero-order valence-corrected chi connectivity index (χ0v) is 8.03. The second kappa shape index (κ2) is 3.77.